The van der Waals surface area contributed by atoms with Crippen molar-refractivity contribution in [3.8, 4) is 0 Å². The highest BCUT2D eigenvalue weighted by atomic mass is 32.2. The summed E-state index contributed by atoms with van der Waals surface area (Å²) in [7, 11) is 0. The quantitative estimate of drug-likeness (QED) is 0.635. The van der Waals surface area contributed by atoms with E-state index in [-0.39, 0.29) is 0 Å². The fourth-order valence-electron chi connectivity index (χ4n) is 1.71. The van der Waals surface area contributed by atoms with Crippen molar-refractivity contribution >= 4 is 11.8 Å². The van der Waals surface area contributed by atoms with Crippen molar-refractivity contribution in [3.05, 3.63) is 0 Å². The Hall–Kier alpha value is 0.270. The van der Waals surface area contributed by atoms with E-state index in [1.807, 2.05) is 0 Å². The van der Waals surface area contributed by atoms with E-state index < -0.39 is 0 Å². The Morgan fingerprint density at radius 1 is 1.14 bits per heavy atom. The molecule has 0 saturated carbocycles. The molecule has 0 spiro atoms. The summed E-state index contributed by atoms with van der Waals surface area (Å²) in [6, 6.07) is 0. The number of thioether (sulfide) groups is 1. The molecule has 84 valence electrons. The van der Waals surface area contributed by atoms with Gasteiger partial charge in [0.15, 0.2) is 0 Å². The molecule has 0 aromatic rings. The molecule has 0 amide bonds. The third-order valence-corrected chi connectivity index (χ3v) is 3.95. The lowest BCUT2D eigenvalue weighted by Crippen LogP contribution is -2.32. The van der Waals surface area contributed by atoms with Crippen LogP contribution in [0.15, 0.2) is 0 Å². The van der Waals surface area contributed by atoms with E-state index >= 15 is 0 Å². The average molecular weight is 216 g/mol. The van der Waals surface area contributed by atoms with Gasteiger partial charge in [-0.05, 0) is 31.6 Å². The van der Waals surface area contributed by atoms with Gasteiger partial charge in [-0.2, -0.15) is 11.8 Å². The van der Waals surface area contributed by atoms with E-state index in [0.717, 1.165) is 24.9 Å². The van der Waals surface area contributed by atoms with Crippen LogP contribution in [0.25, 0.3) is 0 Å². The maximum Gasteiger partial charge on any atom is 0.0172 e. The molecular formula is C11H24N2S. The first-order chi connectivity index (χ1) is 6.93. The minimum Gasteiger partial charge on any atom is -0.315 e. The lowest BCUT2D eigenvalue weighted by atomic mass is 10.2. The molecule has 1 unspecified atom stereocenters. The summed E-state index contributed by atoms with van der Waals surface area (Å²) < 4.78 is 0. The van der Waals surface area contributed by atoms with Crippen LogP contribution in [0.3, 0.4) is 0 Å². The van der Waals surface area contributed by atoms with Crippen LogP contribution in [-0.4, -0.2) is 37.2 Å². The summed E-state index contributed by atoms with van der Waals surface area (Å²) in [6.45, 7) is 6.81. The van der Waals surface area contributed by atoms with E-state index in [0.29, 0.717) is 0 Å². The third kappa shape index (κ3) is 5.89. The molecule has 3 heteroatoms. The number of rotatable bonds is 7. The van der Waals surface area contributed by atoms with Crippen LogP contribution in [0.4, 0.5) is 0 Å². The van der Waals surface area contributed by atoms with Crippen LogP contribution in [-0.2, 0) is 0 Å². The van der Waals surface area contributed by atoms with Gasteiger partial charge in [-0.3, -0.25) is 0 Å². The van der Waals surface area contributed by atoms with Crippen LogP contribution >= 0.6 is 11.8 Å². The highest BCUT2D eigenvalue weighted by molar-refractivity contribution is 7.99. The molecule has 14 heavy (non-hydrogen) atoms. The molecule has 1 rings (SSSR count). The summed E-state index contributed by atoms with van der Waals surface area (Å²) in [6.07, 6.45) is 5.52. The van der Waals surface area contributed by atoms with Gasteiger partial charge in [0.1, 0.15) is 0 Å². The van der Waals surface area contributed by atoms with Crippen molar-refractivity contribution in [2.24, 2.45) is 0 Å². The molecule has 1 aliphatic rings. The highest BCUT2D eigenvalue weighted by Crippen LogP contribution is 2.23. The second-order valence-corrected chi connectivity index (χ2v) is 5.35. The first-order valence-corrected chi connectivity index (χ1v) is 7.01. The fraction of sp³-hybridized carbons (Fsp3) is 1.00. The predicted octanol–water partition coefficient (Wildman–Crippen LogP) is 1.86. The molecule has 0 aromatic carbocycles. The number of hydrogen-bond donors (Lipinski definition) is 2. The molecule has 1 heterocycles. The summed E-state index contributed by atoms with van der Waals surface area (Å²) in [5, 5.41) is 7.82. The van der Waals surface area contributed by atoms with Gasteiger partial charge in [0.2, 0.25) is 0 Å². The molecule has 0 bridgehead atoms. The minimum atomic E-state index is 0.884. The zero-order valence-corrected chi connectivity index (χ0v) is 10.2. The van der Waals surface area contributed by atoms with Gasteiger partial charge in [0, 0.05) is 24.9 Å². The van der Waals surface area contributed by atoms with Gasteiger partial charge in [0.25, 0.3) is 0 Å². The Labute approximate surface area is 92.6 Å². The first-order valence-electron chi connectivity index (χ1n) is 5.96. The maximum absolute atomic E-state index is 3.53. The topological polar surface area (TPSA) is 24.1 Å². The standard InChI is InChI=1S/C11H24N2S/c1-2-6-12-7-8-13-10-11-5-3-4-9-14-11/h11-13H,2-10H2,1H3. The van der Waals surface area contributed by atoms with E-state index in [2.05, 4.69) is 29.3 Å². The van der Waals surface area contributed by atoms with Crippen LogP contribution in [0.2, 0.25) is 0 Å². The largest absolute Gasteiger partial charge is 0.315 e. The van der Waals surface area contributed by atoms with Crippen molar-refractivity contribution in [2.75, 3.05) is 31.9 Å². The fourth-order valence-corrected chi connectivity index (χ4v) is 2.98. The average Bonchev–Trinajstić information content (AvgIpc) is 2.25. The van der Waals surface area contributed by atoms with Gasteiger partial charge in [-0.1, -0.05) is 13.3 Å². The monoisotopic (exact) mass is 216 g/mol. The molecule has 2 nitrogen and oxygen atoms in total. The Bertz CT molecular complexity index is 124. The smallest absolute Gasteiger partial charge is 0.0172 e. The van der Waals surface area contributed by atoms with Crippen molar-refractivity contribution in [1.29, 1.82) is 0 Å². The van der Waals surface area contributed by atoms with E-state index in [1.165, 1.54) is 38.0 Å². The van der Waals surface area contributed by atoms with Crippen LogP contribution < -0.4 is 10.6 Å². The molecule has 1 atom stereocenters. The van der Waals surface area contributed by atoms with Gasteiger partial charge in [0.05, 0.1) is 0 Å². The van der Waals surface area contributed by atoms with Crippen LogP contribution in [0, 0.1) is 0 Å². The molecule has 0 aromatic heterocycles. The predicted molar refractivity (Wildman–Crippen MR) is 66.1 cm³/mol. The lowest BCUT2D eigenvalue weighted by molar-refractivity contribution is 0.572. The van der Waals surface area contributed by atoms with Crippen molar-refractivity contribution in [1.82, 2.24) is 10.6 Å². The van der Waals surface area contributed by atoms with Crippen molar-refractivity contribution in [3.63, 3.8) is 0 Å². The first kappa shape index (κ1) is 12.3. The summed E-state index contributed by atoms with van der Waals surface area (Å²) in [5.74, 6) is 1.38. The Balaban J connectivity index is 1.82. The Kier molecular flexibility index (Phi) is 7.55. The summed E-state index contributed by atoms with van der Waals surface area (Å²) in [5.41, 5.74) is 0. The van der Waals surface area contributed by atoms with E-state index in [1.54, 1.807) is 0 Å². The second-order valence-electron chi connectivity index (χ2n) is 3.94. The Morgan fingerprint density at radius 2 is 2.00 bits per heavy atom. The maximum atomic E-state index is 3.53. The molecule has 0 radical (unpaired) electrons. The zero-order chi connectivity index (χ0) is 10.1. The summed E-state index contributed by atoms with van der Waals surface area (Å²) in [4.78, 5) is 0. The molecule has 1 fully saturated rings. The molecule has 1 saturated heterocycles. The lowest BCUT2D eigenvalue weighted by Gasteiger charge is -2.21. The number of hydrogen-bond acceptors (Lipinski definition) is 3. The van der Waals surface area contributed by atoms with Gasteiger partial charge >= 0.3 is 0 Å². The highest BCUT2D eigenvalue weighted by Gasteiger charge is 2.12. The zero-order valence-electron chi connectivity index (χ0n) is 9.35. The second kappa shape index (κ2) is 8.57. The van der Waals surface area contributed by atoms with E-state index in [4.69, 9.17) is 0 Å². The normalized spacial score (nSPS) is 22.5. The molecule has 2 N–H and O–H groups in total. The van der Waals surface area contributed by atoms with Crippen LogP contribution in [0.1, 0.15) is 32.6 Å². The number of nitrogens with one attached hydrogen (secondary N) is 2. The molecular weight excluding hydrogens is 192 g/mol. The van der Waals surface area contributed by atoms with Crippen molar-refractivity contribution < 1.29 is 0 Å². The van der Waals surface area contributed by atoms with Gasteiger partial charge in [-0.25, -0.2) is 0 Å². The summed E-state index contributed by atoms with van der Waals surface area (Å²) >= 11 is 2.15. The van der Waals surface area contributed by atoms with E-state index in [9.17, 15) is 0 Å². The third-order valence-electron chi connectivity index (χ3n) is 2.55. The minimum absolute atomic E-state index is 0.884. The molecule has 0 aliphatic carbocycles. The Morgan fingerprint density at radius 3 is 2.71 bits per heavy atom. The van der Waals surface area contributed by atoms with Gasteiger partial charge < -0.3 is 10.6 Å². The van der Waals surface area contributed by atoms with Crippen molar-refractivity contribution in [2.45, 2.75) is 37.9 Å². The van der Waals surface area contributed by atoms with Crippen LogP contribution in [0.5, 0.6) is 0 Å². The SMILES string of the molecule is CCCNCCNCC1CCCCS1. The molecule has 1 aliphatic heterocycles. The van der Waals surface area contributed by atoms with Gasteiger partial charge in [-0.15, -0.1) is 0 Å².